The minimum atomic E-state index is -0.776. The lowest BCUT2D eigenvalue weighted by Gasteiger charge is -2.34. The van der Waals surface area contributed by atoms with Crippen molar-refractivity contribution in [3.63, 3.8) is 0 Å². The molecule has 1 N–H and O–H groups in total. The van der Waals surface area contributed by atoms with Gasteiger partial charge in [0.25, 0.3) is 0 Å². The fourth-order valence-electron chi connectivity index (χ4n) is 2.41. The Bertz CT molecular complexity index is 466. The Hall–Kier alpha value is -1.53. The zero-order valence-corrected chi connectivity index (χ0v) is 11.5. The van der Waals surface area contributed by atoms with Gasteiger partial charge in [-0.05, 0) is 26.0 Å². The molecule has 20 heavy (non-hydrogen) atoms. The summed E-state index contributed by atoms with van der Waals surface area (Å²) in [5.41, 5.74) is -0.396. The van der Waals surface area contributed by atoms with Gasteiger partial charge >= 0.3 is 0 Å². The van der Waals surface area contributed by atoms with Gasteiger partial charge in [0.05, 0.1) is 18.8 Å². The molecule has 110 valence electrons. The molecule has 1 aliphatic heterocycles. The first-order chi connectivity index (χ1) is 9.45. The molecule has 1 aromatic rings. The van der Waals surface area contributed by atoms with E-state index in [-0.39, 0.29) is 18.8 Å². The molecular weight excluding hydrogens is 266 g/mol. The molecule has 0 aromatic heterocycles. The number of hydrogen-bond donors (Lipinski definition) is 1. The maximum atomic E-state index is 13.4. The summed E-state index contributed by atoms with van der Waals surface area (Å²) in [6.07, 6.45) is 0.0773. The van der Waals surface area contributed by atoms with Crippen molar-refractivity contribution in [3.05, 3.63) is 29.8 Å². The van der Waals surface area contributed by atoms with E-state index in [1.165, 1.54) is 6.07 Å². The summed E-state index contributed by atoms with van der Waals surface area (Å²) in [5.74, 6) is -1.99. The number of benzene rings is 1. The topological polar surface area (TPSA) is 41.6 Å². The molecule has 6 heteroatoms. The number of halogens is 2. The van der Waals surface area contributed by atoms with Gasteiger partial charge in [-0.2, -0.15) is 0 Å². The van der Waals surface area contributed by atoms with Gasteiger partial charge in [-0.15, -0.1) is 0 Å². The maximum Gasteiger partial charge on any atom is 0.238 e. The van der Waals surface area contributed by atoms with E-state index in [1.54, 1.807) is 0 Å². The van der Waals surface area contributed by atoms with Gasteiger partial charge in [0, 0.05) is 13.1 Å². The van der Waals surface area contributed by atoms with Crippen molar-refractivity contribution in [2.24, 2.45) is 0 Å². The van der Waals surface area contributed by atoms with Gasteiger partial charge in [0.2, 0.25) is 5.91 Å². The maximum absolute atomic E-state index is 13.4. The number of rotatable bonds is 3. The van der Waals surface area contributed by atoms with E-state index in [2.05, 4.69) is 5.32 Å². The monoisotopic (exact) mass is 284 g/mol. The quantitative estimate of drug-likeness (QED) is 0.923. The predicted octanol–water partition coefficient (Wildman–Crippen LogP) is 2.01. The number of nitrogens with one attached hydrogen (secondary N) is 1. The van der Waals surface area contributed by atoms with Crippen LogP contribution in [0.1, 0.15) is 13.8 Å². The largest absolute Gasteiger partial charge is 0.373 e. The zero-order chi connectivity index (χ0) is 14.7. The predicted molar refractivity (Wildman–Crippen MR) is 71.4 cm³/mol. The zero-order valence-electron chi connectivity index (χ0n) is 11.5. The number of anilines is 1. The van der Waals surface area contributed by atoms with Gasteiger partial charge in [-0.25, -0.2) is 8.78 Å². The fourth-order valence-corrected chi connectivity index (χ4v) is 2.41. The smallest absolute Gasteiger partial charge is 0.238 e. The highest BCUT2D eigenvalue weighted by Gasteiger charge is 2.24. The summed E-state index contributed by atoms with van der Waals surface area (Å²) < 4.78 is 32.4. The molecule has 1 saturated heterocycles. The van der Waals surface area contributed by atoms with Crippen LogP contribution in [-0.4, -0.2) is 42.6 Å². The highest BCUT2D eigenvalue weighted by Crippen LogP contribution is 2.18. The second kappa shape index (κ2) is 6.28. The lowest BCUT2D eigenvalue weighted by atomic mass is 10.2. The van der Waals surface area contributed by atoms with Crippen LogP contribution in [0.25, 0.3) is 0 Å². The first-order valence-corrected chi connectivity index (χ1v) is 6.57. The SMILES string of the molecule is CC1CN(CC(=O)Nc2c(F)cccc2F)CC(C)O1. The summed E-state index contributed by atoms with van der Waals surface area (Å²) in [7, 11) is 0. The number of ether oxygens (including phenoxy) is 1. The number of carbonyl (C=O) groups excluding carboxylic acids is 1. The number of para-hydroxylation sites is 1. The molecule has 0 bridgehead atoms. The van der Waals surface area contributed by atoms with E-state index in [4.69, 9.17) is 4.74 Å². The molecule has 2 unspecified atom stereocenters. The van der Waals surface area contributed by atoms with Crippen LogP contribution in [-0.2, 0) is 9.53 Å². The first kappa shape index (κ1) is 14.9. The molecule has 0 aliphatic carbocycles. The molecule has 1 fully saturated rings. The summed E-state index contributed by atoms with van der Waals surface area (Å²) in [5, 5.41) is 2.28. The number of morpholine rings is 1. The van der Waals surface area contributed by atoms with E-state index >= 15 is 0 Å². The second-order valence-electron chi connectivity index (χ2n) is 5.10. The Balaban J connectivity index is 1.95. The minimum absolute atomic E-state index is 0.0387. The molecule has 1 aromatic carbocycles. The standard InChI is InChI=1S/C14H18F2N2O2/c1-9-6-18(7-10(2)20-9)8-13(19)17-14-11(15)4-3-5-12(14)16/h3-5,9-10H,6-8H2,1-2H3,(H,17,19). The first-order valence-electron chi connectivity index (χ1n) is 6.57. The third-order valence-electron chi connectivity index (χ3n) is 3.09. The molecule has 0 saturated carbocycles. The molecular formula is C14H18F2N2O2. The lowest BCUT2D eigenvalue weighted by Crippen LogP contribution is -2.48. The number of amides is 1. The van der Waals surface area contributed by atoms with Crippen LogP contribution in [0.5, 0.6) is 0 Å². The van der Waals surface area contributed by atoms with Crippen molar-refractivity contribution >= 4 is 11.6 Å². The number of nitrogens with zero attached hydrogens (tertiary/aromatic N) is 1. The van der Waals surface area contributed by atoms with Crippen LogP contribution >= 0.6 is 0 Å². The van der Waals surface area contributed by atoms with Crippen molar-refractivity contribution in [1.29, 1.82) is 0 Å². The van der Waals surface area contributed by atoms with E-state index in [0.717, 1.165) is 12.1 Å². The van der Waals surface area contributed by atoms with Crippen LogP contribution in [0, 0.1) is 11.6 Å². The third kappa shape index (κ3) is 3.74. The Kier molecular flexibility index (Phi) is 4.67. The van der Waals surface area contributed by atoms with Crippen LogP contribution in [0.3, 0.4) is 0 Å². The molecule has 0 radical (unpaired) electrons. The minimum Gasteiger partial charge on any atom is -0.373 e. The molecule has 1 heterocycles. The summed E-state index contributed by atoms with van der Waals surface area (Å²) in [6, 6.07) is 3.47. The second-order valence-corrected chi connectivity index (χ2v) is 5.10. The van der Waals surface area contributed by atoms with Gasteiger partial charge < -0.3 is 10.1 Å². The molecule has 1 aliphatic rings. The molecule has 0 spiro atoms. The van der Waals surface area contributed by atoms with Crippen molar-refractivity contribution in [2.45, 2.75) is 26.1 Å². The van der Waals surface area contributed by atoms with Gasteiger partial charge in [-0.1, -0.05) is 6.07 Å². The average Bonchev–Trinajstić information content (AvgIpc) is 2.32. The van der Waals surface area contributed by atoms with Crippen LogP contribution in [0.15, 0.2) is 18.2 Å². The fraction of sp³-hybridized carbons (Fsp3) is 0.500. The van der Waals surface area contributed by atoms with Crippen molar-refractivity contribution < 1.29 is 18.3 Å². The van der Waals surface area contributed by atoms with Crippen molar-refractivity contribution in [2.75, 3.05) is 25.0 Å². The summed E-state index contributed by atoms with van der Waals surface area (Å²) in [6.45, 7) is 5.19. The van der Waals surface area contributed by atoms with E-state index in [1.807, 2.05) is 18.7 Å². The molecule has 4 nitrogen and oxygen atoms in total. The Labute approximate surface area is 116 Å². The van der Waals surface area contributed by atoms with Gasteiger partial charge in [0.15, 0.2) is 0 Å². The summed E-state index contributed by atoms with van der Waals surface area (Å²) >= 11 is 0. The summed E-state index contributed by atoms with van der Waals surface area (Å²) in [4.78, 5) is 13.8. The molecule has 2 rings (SSSR count). The third-order valence-corrected chi connectivity index (χ3v) is 3.09. The van der Waals surface area contributed by atoms with Crippen molar-refractivity contribution in [3.8, 4) is 0 Å². The van der Waals surface area contributed by atoms with Crippen LogP contribution < -0.4 is 5.32 Å². The number of carbonyl (C=O) groups is 1. The van der Waals surface area contributed by atoms with Gasteiger partial charge in [-0.3, -0.25) is 9.69 Å². The Morgan fingerprint density at radius 2 is 1.85 bits per heavy atom. The molecule has 2 atom stereocenters. The van der Waals surface area contributed by atoms with Crippen molar-refractivity contribution in [1.82, 2.24) is 4.90 Å². The highest BCUT2D eigenvalue weighted by atomic mass is 19.1. The van der Waals surface area contributed by atoms with Gasteiger partial charge in [0.1, 0.15) is 17.3 Å². The Morgan fingerprint density at radius 1 is 1.30 bits per heavy atom. The lowest BCUT2D eigenvalue weighted by molar-refractivity contribution is -0.121. The van der Waals surface area contributed by atoms with Crippen LogP contribution in [0.4, 0.5) is 14.5 Å². The highest BCUT2D eigenvalue weighted by molar-refractivity contribution is 5.92. The van der Waals surface area contributed by atoms with E-state index in [0.29, 0.717) is 13.1 Å². The van der Waals surface area contributed by atoms with E-state index in [9.17, 15) is 13.6 Å². The normalized spacial score (nSPS) is 23.6. The number of hydrogen-bond acceptors (Lipinski definition) is 3. The van der Waals surface area contributed by atoms with Crippen LogP contribution in [0.2, 0.25) is 0 Å². The average molecular weight is 284 g/mol. The Morgan fingerprint density at radius 3 is 2.40 bits per heavy atom. The van der Waals surface area contributed by atoms with E-state index < -0.39 is 23.2 Å². The molecule has 1 amide bonds.